The lowest BCUT2D eigenvalue weighted by Gasteiger charge is -2.29. The van der Waals surface area contributed by atoms with E-state index in [-0.39, 0.29) is 6.09 Å². The van der Waals surface area contributed by atoms with Gasteiger partial charge in [0.05, 0.1) is 19.2 Å². The van der Waals surface area contributed by atoms with Crippen LogP contribution in [0.25, 0.3) is 0 Å². The van der Waals surface area contributed by atoms with Crippen molar-refractivity contribution in [3.63, 3.8) is 0 Å². The molecule has 1 aromatic carbocycles. The van der Waals surface area contributed by atoms with E-state index < -0.39 is 0 Å². The van der Waals surface area contributed by atoms with Gasteiger partial charge >= 0.3 is 6.09 Å². The quantitative estimate of drug-likeness (QED) is 0.905. The highest BCUT2D eigenvalue weighted by Crippen LogP contribution is 2.11. The van der Waals surface area contributed by atoms with Gasteiger partial charge in [0, 0.05) is 37.4 Å². The van der Waals surface area contributed by atoms with Crippen LogP contribution in [-0.2, 0) is 11.2 Å². The second-order valence-electron chi connectivity index (χ2n) is 5.43. The number of amides is 1. The minimum atomic E-state index is -0.171. The van der Waals surface area contributed by atoms with Crippen molar-refractivity contribution >= 4 is 17.7 Å². The number of nitrogens with two attached hydrogens (primary N) is 1. The molecule has 0 bridgehead atoms. The summed E-state index contributed by atoms with van der Waals surface area (Å²) >= 11 is 5.98. The van der Waals surface area contributed by atoms with Crippen LogP contribution < -0.4 is 5.32 Å². The van der Waals surface area contributed by atoms with Gasteiger partial charge in [0.15, 0.2) is 0 Å². The van der Waals surface area contributed by atoms with Gasteiger partial charge in [0.2, 0.25) is 0 Å². The van der Waals surface area contributed by atoms with E-state index in [0.717, 1.165) is 43.9 Å². The number of rotatable bonds is 5. The Balaban J connectivity index is 1.66. The molecule has 2 rings (SSSR count). The number of benzene rings is 1. The number of hydrogen-bond acceptors (Lipinski definition) is 2. The van der Waals surface area contributed by atoms with Crippen molar-refractivity contribution in [1.82, 2.24) is 4.90 Å². The van der Waals surface area contributed by atoms with Crippen LogP contribution in [0.5, 0.6) is 0 Å². The highest BCUT2D eigenvalue weighted by atomic mass is 35.5. The van der Waals surface area contributed by atoms with Crippen molar-refractivity contribution in [2.45, 2.75) is 32.2 Å². The summed E-state index contributed by atoms with van der Waals surface area (Å²) in [4.78, 5) is 13.4. The van der Waals surface area contributed by atoms with Crippen molar-refractivity contribution in [2.75, 3.05) is 26.2 Å². The second kappa shape index (κ2) is 8.25. The molecule has 1 fully saturated rings. The SMILES string of the molecule is CCOC(=O)N1CCC([NH2+]CCc2cccc(Cl)c2)CC1. The summed E-state index contributed by atoms with van der Waals surface area (Å²) in [6.07, 6.45) is 2.93. The van der Waals surface area contributed by atoms with Gasteiger partial charge < -0.3 is 15.0 Å². The molecule has 1 aromatic rings. The zero-order chi connectivity index (χ0) is 15.1. The first-order valence-electron chi connectivity index (χ1n) is 7.68. The van der Waals surface area contributed by atoms with Crippen molar-refractivity contribution in [3.8, 4) is 0 Å². The van der Waals surface area contributed by atoms with Crippen LogP contribution in [0.15, 0.2) is 24.3 Å². The smallest absolute Gasteiger partial charge is 0.409 e. The van der Waals surface area contributed by atoms with E-state index in [9.17, 15) is 4.79 Å². The summed E-state index contributed by atoms with van der Waals surface area (Å²) in [6.45, 7) is 4.96. The first kappa shape index (κ1) is 16.1. The van der Waals surface area contributed by atoms with Gasteiger partial charge in [-0.15, -0.1) is 0 Å². The minimum absolute atomic E-state index is 0.171. The Kier molecular flexibility index (Phi) is 6.33. The molecule has 2 N–H and O–H groups in total. The molecule has 0 unspecified atom stereocenters. The van der Waals surface area contributed by atoms with Crippen molar-refractivity contribution in [2.24, 2.45) is 0 Å². The number of hydrogen-bond donors (Lipinski definition) is 1. The summed E-state index contributed by atoms with van der Waals surface area (Å²) in [6, 6.07) is 8.65. The Morgan fingerprint density at radius 2 is 2.19 bits per heavy atom. The first-order valence-corrected chi connectivity index (χ1v) is 8.06. The van der Waals surface area contributed by atoms with E-state index in [1.54, 1.807) is 0 Å². The monoisotopic (exact) mass is 311 g/mol. The summed E-state index contributed by atoms with van der Waals surface area (Å²) < 4.78 is 5.03. The lowest BCUT2D eigenvalue weighted by Crippen LogP contribution is -2.91. The third-order valence-corrected chi connectivity index (χ3v) is 4.12. The molecule has 1 aliphatic heterocycles. The molecular weight excluding hydrogens is 288 g/mol. The second-order valence-corrected chi connectivity index (χ2v) is 5.86. The molecule has 1 saturated heterocycles. The van der Waals surface area contributed by atoms with Crippen LogP contribution in [0.2, 0.25) is 5.02 Å². The first-order chi connectivity index (χ1) is 10.2. The summed E-state index contributed by atoms with van der Waals surface area (Å²) in [5.41, 5.74) is 1.28. The van der Waals surface area contributed by atoms with E-state index in [1.807, 2.05) is 30.0 Å². The molecule has 0 spiro atoms. The molecule has 116 valence electrons. The van der Waals surface area contributed by atoms with Crippen LogP contribution in [-0.4, -0.2) is 43.3 Å². The number of piperidine rings is 1. The Hall–Kier alpha value is -1.26. The van der Waals surface area contributed by atoms with Crippen LogP contribution in [0.3, 0.4) is 0 Å². The fourth-order valence-corrected chi connectivity index (χ4v) is 2.92. The van der Waals surface area contributed by atoms with Crippen molar-refractivity contribution in [1.29, 1.82) is 0 Å². The van der Waals surface area contributed by atoms with Crippen LogP contribution in [0.4, 0.5) is 4.79 Å². The Bertz CT molecular complexity index is 459. The minimum Gasteiger partial charge on any atom is -0.450 e. The predicted molar refractivity (Wildman–Crippen MR) is 83.6 cm³/mol. The number of ether oxygens (including phenoxy) is 1. The summed E-state index contributed by atoms with van der Waals surface area (Å²) in [5, 5.41) is 3.19. The maximum Gasteiger partial charge on any atom is 0.409 e. The average Bonchev–Trinajstić information content (AvgIpc) is 2.48. The summed E-state index contributed by atoms with van der Waals surface area (Å²) in [5.74, 6) is 0. The zero-order valence-electron chi connectivity index (χ0n) is 12.6. The molecule has 0 aromatic heterocycles. The number of quaternary nitrogens is 1. The van der Waals surface area contributed by atoms with Gasteiger partial charge in [0.25, 0.3) is 0 Å². The molecule has 1 amide bonds. The standard InChI is InChI=1S/C16H23ClN2O2/c1-2-21-16(20)19-10-7-15(8-11-19)18-9-6-13-4-3-5-14(17)12-13/h3-5,12,15,18H,2,6-11H2,1H3/p+1. The van der Waals surface area contributed by atoms with E-state index in [1.165, 1.54) is 5.56 Å². The molecule has 0 atom stereocenters. The van der Waals surface area contributed by atoms with E-state index in [4.69, 9.17) is 16.3 Å². The van der Waals surface area contributed by atoms with Crippen LogP contribution in [0, 0.1) is 0 Å². The molecular formula is C16H24ClN2O2+. The fourth-order valence-electron chi connectivity index (χ4n) is 2.71. The highest BCUT2D eigenvalue weighted by Gasteiger charge is 2.25. The Morgan fingerprint density at radius 1 is 1.43 bits per heavy atom. The maximum atomic E-state index is 11.6. The predicted octanol–water partition coefficient (Wildman–Crippen LogP) is 2.07. The third kappa shape index (κ3) is 5.21. The van der Waals surface area contributed by atoms with E-state index >= 15 is 0 Å². The van der Waals surface area contributed by atoms with E-state index in [2.05, 4.69) is 11.4 Å². The number of carbonyl (C=O) groups is 1. The molecule has 0 saturated carbocycles. The Morgan fingerprint density at radius 3 is 2.86 bits per heavy atom. The highest BCUT2D eigenvalue weighted by molar-refractivity contribution is 6.30. The van der Waals surface area contributed by atoms with Crippen molar-refractivity contribution in [3.05, 3.63) is 34.9 Å². The molecule has 1 heterocycles. The molecule has 0 aliphatic carbocycles. The van der Waals surface area contributed by atoms with Gasteiger partial charge in [-0.05, 0) is 24.6 Å². The molecule has 0 radical (unpaired) electrons. The lowest BCUT2D eigenvalue weighted by atomic mass is 10.0. The number of likely N-dealkylation sites (tertiary alicyclic amines) is 1. The van der Waals surface area contributed by atoms with Crippen LogP contribution in [0.1, 0.15) is 25.3 Å². The molecule has 21 heavy (non-hydrogen) atoms. The number of nitrogens with zero attached hydrogens (tertiary/aromatic N) is 1. The number of carbonyl (C=O) groups excluding carboxylic acids is 1. The van der Waals surface area contributed by atoms with E-state index in [0.29, 0.717) is 12.6 Å². The fraction of sp³-hybridized carbons (Fsp3) is 0.562. The van der Waals surface area contributed by atoms with Crippen molar-refractivity contribution < 1.29 is 14.8 Å². The topological polar surface area (TPSA) is 46.1 Å². The average molecular weight is 312 g/mol. The summed E-state index contributed by atoms with van der Waals surface area (Å²) in [7, 11) is 0. The Labute approximate surface area is 131 Å². The lowest BCUT2D eigenvalue weighted by molar-refractivity contribution is -0.691. The molecule has 5 heteroatoms. The van der Waals surface area contributed by atoms with Gasteiger partial charge in [-0.1, -0.05) is 23.7 Å². The largest absolute Gasteiger partial charge is 0.450 e. The van der Waals surface area contributed by atoms with Gasteiger partial charge in [-0.2, -0.15) is 0 Å². The van der Waals surface area contributed by atoms with Gasteiger partial charge in [0.1, 0.15) is 0 Å². The maximum absolute atomic E-state index is 11.6. The normalized spacial score (nSPS) is 16.0. The third-order valence-electron chi connectivity index (χ3n) is 3.89. The zero-order valence-corrected chi connectivity index (χ0v) is 13.3. The number of halogens is 1. The molecule has 4 nitrogen and oxygen atoms in total. The molecule has 1 aliphatic rings. The van der Waals surface area contributed by atoms with Crippen LogP contribution >= 0.6 is 11.6 Å². The van der Waals surface area contributed by atoms with Gasteiger partial charge in [-0.3, -0.25) is 0 Å². The van der Waals surface area contributed by atoms with Gasteiger partial charge in [-0.25, -0.2) is 4.79 Å².